The van der Waals surface area contributed by atoms with Gasteiger partial charge in [-0.2, -0.15) is 0 Å². The van der Waals surface area contributed by atoms with Crippen molar-refractivity contribution >= 4 is 18.0 Å². The van der Waals surface area contributed by atoms with Crippen LogP contribution in [0.1, 0.15) is 18.9 Å². The van der Waals surface area contributed by atoms with Crippen LogP contribution in [0.5, 0.6) is 5.75 Å². The average molecular weight is 491 g/mol. The molecule has 1 aliphatic heterocycles. The second-order valence-electron chi connectivity index (χ2n) is 8.19. The second kappa shape index (κ2) is 11.6. The molecule has 1 aromatic carbocycles. The predicted molar refractivity (Wildman–Crippen MR) is 117 cm³/mol. The molecule has 11 heteroatoms. The van der Waals surface area contributed by atoms with Crippen LogP contribution in [0, 0.1) is 0 Å². The Hall–Kier alpha value is -3.06. The zero-order valence-corrected chi connectivity index (χ0v) is 18.8. The molecule has 11 nitrogen and oxygen atoms in total. The van der Waals surface area contributed by atoms with E-state index < -0.39 is 55.4 Å². The maximum absolute atomic E-state index is 12.3. The first-order chi connectivity index (χ1) is 16.6. The maximum Gasteiger partial charge on any atom is 0.331 e. The Bertz CT molecular complexity index is 1010. The largest absolute Gasteiger partial charge is 0.545 e. The number of aliphatic hydroxyl groups is 4. The summed E-state index contributed by atoms with van der Waals surface area (Å²) in [5.41, 5.74) is 1.07. The Kier molecular flexibility index (Phi) is 8.78. The number of phenols is 1. The van der Waals surface area contributed by atoms with Gasteiger partial charge in [0.2, 0.25) is 0 Å². The highest BCUT2D eigenvalue weighted by Gasteiger charge is 2.44. The van der Waals surface area contributed by atoms with Crippen molar-refractivity contribution in [1.82, 2.24) is 0 Å². The van der Waals surface area contributed by atoms with Gasteiger partial charge in [0.15, 0.2) is 6.29 Å². The number of hydrogen-bond acceptors (Lipinski definition) is 11. The predicted octanol–water partition coefficient (Wildman–Crippen LogP) is -1.47. The number of ether oxygens (including phenoxy) is 3. The lowest BCUT2D eigenvalue weighted by molar-refractivity contribution is -0.299. The van der Waals surface area contributed by atoms with Crippen LogP contribution in [0.2, 0.25) is 0 Å². The number of benzene rings is 1. The van der Waals surface area contributed by atoms with Gasteiger partial charge in [-0.25, -0.2) is 4.79 Å². The summed E-state index contributed by atoms with van der Waals surface area (Å²) in [6, 6.07) is 6.10. The van der Waals surface area contributed by atoms with Gasteiger partial charge in [-0.1, -0.05) is 23.8 Å². The molecular weight excluding hydrogens is 464 g/mol. The van der Waals surface area contributed by atoms with E-state index in [0.717, 1.165) is 0 Å². The zero-order chi connectivity index (χ0) is 25.7. The van der Waals surface area contributed by atoms with Crippen molar-refractivity contribution in [1.29, 1.82) is 0 Å². The van der Waals surface area contributed by atoms with Crippen LogP contribution in [0.25, 0.3) is 6.08 Å². The third kappa shape index (κ3) is 6.34. The minimum atomic E-state index is -1.62. The number of phenolic OH excluding ortho intramolecular Hbond substituents is 1. The number of aromatic hydroxyl groups is 1. The Balaban J connectivity index is 1.69. The molecule has 0 bridgehead atoms. The van der Waals surface area contributed by atoms with E-state index in [-0.39, 0.29) is 29.9 Å². The molecule has 1 heterocycles. The van der Waals surface area contributed by atoms with Gasteiger partial charge >= 0.3 is 5.97 Å². The fourth-order valence-corrected chi connectivity index (χ4v) is 3.90. The smallest absolute Gasteiger partial charge is 0.331 e. The molecule has 190 valence electrons. The van der Waals surface area contributed by atoms with Crippen LogP contribution in [-0.2, 0) is 23.8 Å². The Morgan fingerprint density at radius 3 is 2.46 bits per heavy atom. The van der Waals surface area contributed by atoms with Crippen molar-refractivity contribution in [2.24, 2.45) is 0 Å². The monoisotopic (exact) mass is 491 g/mol. The van der Waals surface area contributed by atoms with Gasteiger partial charge < -0.3 is 49.6 Å². The first kappa shape index (κ1) is 26.5. The molecular formula is C24H27O11-. The molecule has 1 fully saturated rings. The highest BCUT2D eigenvalue weighted by atomic mass is 16.7. The van der Waals surface area contributed by atoms with Crippen LogP contribution in [0.15, 0.2) is 53.1 Å². The normalized spacial score (nSPS) is 30.3. The molecule has 1 unspecified atom stereocenters. The van der Waals surface area contributed by atoms with Crippen molar-refractivity contribution in [3.05, 3.63) is 58.7 Å². The van der Waals surface area contributed by atoms with Crippen LogP contribution in [0.3, 0.4) is 0 Å². The van der Waals surface area contributed by atoms with E-state index >= 15 is 0 Å². The molecule has 0 radical (unpaired) electrons. The van der Waals surface area contributed by atoms with E-state index in [1.807, 2.05) is 0 Å². The number of rotatable bonds is 8. The number of aliphatic carboxylic acids is 1. The molecule has 2 aliphatic rings. The summed E-state index contributed by atoms with van der Waals surface area (Å²) in [5.74, 6) is -2.11. The van der Waals surface area contributed by atoms with E-state index in [2.05, 4.69) is 0 Å². The fraction of sp³-hybridized carbons (Fsp3) is 0.417. The van der Waals surface area contributed by atoms with Crippen molar-refractivity contribution in [3.63, 3.8) is 0 Å². The summed E-state index contributed by atoms with van der Waals surface area (Å²) in [6.45, 7) is 0.634. The Morgan fingerprint density at radius 2 is 1.83 bits per heavy atom. The van der Waals surface area contributed by atoms with E-state index in [1.165, 1.54) is 30.4 Å². The fourth-order valence-electron chi connectivity index (χ4n) is 3.90. The number of hydrogen-bond donors (Lipinski definition) is 5. The van der Waals surface area contributed by atoms with Crippen molar-refractivity contribution < 1.29 is 54.4 Å². The molecule has 0 saturated carbocycles. The third-order valence-electron chi connectivity index (χ3n) is 5.73. The summed E-state index contributed by atoms with van der Waals surface area (Å²) in [7, 11) is 0. The first-order valence-corrected chi connectivity index (χ1v) is 10.8. The Morgan fingerprint density at radius 1 is 1.14 bits per heavy atom. The van der Waals surface area contributed by atoms with Crippen molar-refractivity contribution in [3.8, 4) is 5.75 Å². The number of carbonyl (C=O) groups excluding carboxylic acids is 2. The molecule has 0 amide bonds. The average Bonchev–Trinajstić information content (AvgIpc) is 3.13. The van der Waals surface area contributed by atoms with Gasteiger partial charge in [0.05, 0.1) is 19.2 Å². The number of carboxylic acid groups (broad SMARTS) is 1. The van der Waals surface area contributed by atoms with E-state index in [1.54, 1.807) is 19.1 Å². The van der Waals surface area contributed by atoms with Crippen LogP contribution in [0.4, 0.5) is 0 Å². The topological polar surface area (TPSA) is 186 Å². The molecule has 0 aromatic heterocycles. The summed E-state index contributed by atoms with van der Waals surface area (Å²) < 4.78 is 16.1. The van der Waals surface area contributed by atoms with Gasteiger partial charge in [-0.15, -0.1) is 0 Å². The minimum Gasteiger partial charge on any atom is -0.545 e. The molecule has 1 aliphatic carbocycles. The highest BCUT2D eigenvalue weighted by molar-refractivity contribution is 5.93. The van der Waals surface area contributed by atoms with Crippen molar-refractivity contribution in [2.75, 3.05) is 13.2 Å². The zero-order valence-electron chi connectivity index (χ0n) is 18.8. The van der Waals surface area contributed by atoms with Crippen molar-refractivity contribution in [2.45, 2.75) is 50.2 Å². The van der Waals surface area contributed by atoms with Gasteiger partial charge in [-0.3, -0.25) is 0 Å². The number of carboxylic acids is 1. The van der Waals surface area contributed by atoms with Gasteiger partial charge in [0.25, 0.3) is 0 Å². The van der Waals surface area contributed by atoms with Gasteiger partial charge in [0, 0.05) is 23.6 Å². The molecule has 35 heavy (non-hydrogen) atoms. The maximum atomic E-state index is 12.3. The quantitative estimate of drug-likeness (QED) is 0.211. The van der Waals surface area contributed by atoms with Gasteiger partial charge in [-0.05, 0) is 30.7 Å². The first-order valence-electron chi connectivity index (χ1n) is 10.8. The molecule has 1 saturated heterocycles. The molecule has 6 atom stereocenters. The number of esters is 1. The minimum absolute atomic E-state index is 0.0766. The number of aliphatic hydroxyl groups excluding tert-OH is 4. The van der Waals surface area contributed by atoms with Crippen LogP contribution >= 0.6 is 0 Å². The SMILES string of the molecule is CC1=C(C(=O)[O-])/C(=C\CO[C@@H]2O[C@H](CO)[C@@H](O)[C@H](O)[C@H]2O)C(OC(=O)/C=C\c2ccc(O)cc2)C1. The third-order valence-corrected chi connectivity index (χ3v) is 5.73. The summed E-state index contributed by atoms with van der Waals surface area (Å²) in [6.07, 6.45) is -4.19. The molecule has 3 rings (SSSR count). The summed E-state index contributed by atoms with van der Waals surface area (Å²) in [4.78, 5) is 24.0. The Labute approximate surface area is 200 Å². The van der Waals surface area contributed by atoms with Crippen LogP contribution in [-0.4, -0.2) is 87.5 Å². The lowest BCUT2D eigenvalue weighted by Gasteiger charge is -2.39. The van der Waals surface area contributed by atoms with E-state index in [9.17, 15) is 40.2 Å². The molecule has 1 aromatic rings. The van der Waals surface area contributed by atoms with E-state index in [4.69, 9.17) is 14.2 Å². The van der Waals surface area contributed by atoms with Crippen LogP contribution < -0.4 is 5.11 Å². The lowest BCUT2D eigenvalue weighted by atomic mass is 9.99. The van der Waals surface area contributed by atoms with E-state index in [0.29, 0.717) is 11.1 Å². The second-order valence-corrected chi connectivity index (χ2v) is 8.19. The molecule has 0 spiro atoms. The lowest BCUT2D eigenvalue weighted by Crippen LogP contribution is -2.59. The summed E-state index contributed by atoms with van der Waals surface area (Å²) in [5, 5.41) is 60.0. The summed E-state index contributed by atoms with van der Waals surface area (Å²) >= 11 is 0. The number of carbonyl (C=O) groups is 2. The standard InChI is InChI=1S/C24H28O11/c1-12-10-16(34-18(27)7-4-13-2-5-14(26)6-3-13)15(19(12)23(31)32)8-9-33-24-22(30)21(29)20(28)17(11-25)35-24/h2-8,16-17,20-22,24-26,28-30H,9-11H2,1H3,(H,31,32)/p-1/b7-4-,15-8-/t16?,17-,20-,21+,22-,24-/m1/s1. The highest BCUT2D eigenvalue weighted by Crippen LogP contribution is 2.34. The molecule has 5 N–H and O–H groups in total. The van der Waals surface area contributed by atoms with Gasteiger partial charge in [0.1, 0.15) is 36.3 Å².